The summed E-state index contributed by atoms with van der Waals surface area (Å²) >= 11 is 0. The Morgan fingerprint density at radius 3 is 2.29 bits per heavy atom. The smallest absolute Gasteiger partial charge is 0.255 e. The number of carbonyl (C=O) groups is 3. The average Bonchev–Trinajstić information content (AvgIpc) is 3.65. The van der Waals surface area contributed by atoms with Gasteiger partial charge < -0.3 is 15.5 Å². The molecule has 2 N–H and O–H groups in total. The van der Waals surface area contributed by atoms with Gasteiger partial charge >= 0.3 is 0 Å². The number of benzene rings is 2. The van der Waals surface area contributed by atoms with Crippen LogP contribution in [-0.4, -0.2) is 35.7 Å². The number of anilines is 1. The molecule has 1 aliphatic carbocycles. The van der Waals surface area contributed by atoms with Gasteiger partial charge in [0.1, 0.15) is 0 Å². The van der Waals surface area contributed by atoms with Crippen molar-refractivity contribution in [2.45, 2.75) is 38.6 Å². The maximum atomic E-state index is 12.8. The first-order valence-electron chi connectivity index (χ1n) is 11.1. The molecule has 1 aliphatic heterocycles. The average molecular weight is 420 g/mol. The van der Waals surface area contributed by atoms with Gasteiger partial charge in [-0.15, -0.1) is 0 Å². The van der Waals surface area contributed by atoms with Crippen molar-refractivity contribution in [3.05, 3.63) is 65.7 Å². The highest BCUT2D eigenvalue weighted by molar-refractivity contribution is 6.04. The van der Waals surface area contributed by atoms with E-state index in [2.05, 4.69) is 10.6 Å². The van der Waals surface area contributed by atoms with Crippen molar-refractivity contribution >= 4 is 23.4 Å². The van der Waals surface area contributed by atoms with Gasteiger partial charge in [0.2, 0.25) is 11.8 Å². The van der Waals surface area contributed by atoms with E-state index in [-0.39, 0.29) is 35.6 Å². The Morgan fingerprint density at radius 2 is 1.61 bits per heavy atom. The largest absolute Gasteiger partial charge is 0.349 e. The SMILES string of the molecule is CC(NC(=O)C1CCN(C(=O)C2CC2)CC1)c1cccc(NC(=O)c2ccccc2)c1. The lowest BCUT2D eigenvalue weighted by atomic mass is 9.95. The van der Waals surface area contributed by atoms with Gasteiger partial charge in [-0.1, -0.05) is 30.3 Å². The van der Waals surface area contributed by atoms with Gasteiger partial charge in [-0.25, -0.2) is 0 Å². The Labute approximate surface area is 183 Å². The Kier molecular flexibility index (Phi) is 6.35. The Bertz CT molecular complexity index is 947. The zero-order valence-electron chi connectivity index (χ0n) is 17.8. The third-order valence-electron chi connectivity index (χ3n) is 6.14. The first-order valence-corrected chi connectivity index (χ1v) is 11.1. The standard InChI is InChI=1S/C25H29N3O3/c1-17(26-23(29)19-12-14-28(15-13-19)25(31)20-10-11-20)21-8-5-9-22(16-21)27-24(30)18-6-3-2-4-7-18/h2-9,16-17,19-20H,10-15H2,1H3,(H,26,29)(H,27,30). The van der Waals surface area contributed by atoms with Crippen LogP contribution in [0.15, 0.2) is 54.6 Å². The summed E-state index contributed by atoms with van der Waals surface area (Å²) < 4.78 is 0. The lowest BCUT2D eigenvalue weighted by Gasteiger charge is -2.32. The van der Waals surface area contributed by atoms with Crippen LogP contribution in [0.1, 0.15) is 54.6 Å². The summed E-state index contributed by atoms with van der Waals surface area (Å²) in [6.07, 6.45) is 3.46. The highest BCUT2D eigenvalue weighted by Gasteiger charge is 2.36. The zero-order valence-corrected chi connectivity index (χ0v) is 17.8. The van der Waals surface area contributed by atoms with E-state index >= 15 is 0 Å². The second-order valence-corrected chi connectivity index (χ2v) is 8.55. The van der Waals surface area contributed by atoms with Crippen LogP contribution in [-0.2, 0) is 9.59 Å². The van der Waals surface area contributed by atoms with E-state index in [4.69, 9.17) is 0 Å². The quantitative estimate of drug-likeness (QED) is 0.748. The summed E-state index contributed by atoms with van der Waals surface area (Å²) in [5.74, 6) is 0.306. The van der Waals surface area contributed by atoms with Crippen molar-refractivity contribution in [2.75, 3.05) is 18.4 Å². The van der Waals surface area contributed by atoms with E-state index in [1.54, 1.807) is 12.1 Å². The molecule has 6 heteroatoms. The third-order valence-corrected chi connectivity index (χ3v) is 6.14. The predicted octanol–water partition coefficient (Wildman–Crippen LogP) is 3.76. The Morgan fingerprint density at radius 1 is 0.903 bits per heavy atom. The van der Waals surface area contributed by atoms with Crippen LogP contribution in [0, 0.1) is 11.8 Å². The molecule has 3 amide bonds. The number of hydrogen-bond acceptors (Lipinski definition) is 3. The maximum Gasteiger partial charge on any atom is 0.255 e. The van der Waals surface area contributed by atoms with Crippen molar-refractivity contribution < 1.29 is 14.4 Å². The van der Waals surface area contributed by atoms with Gasteiger partial charge in [0.05, 0.1) is 6.04 Å². The number of rotatable bonds is 6. The maximum absolute atomic E-state index is 12.8. The number of nitrogens with zero attached hydrogens (tertiary/aromatic N) is 1. The predicted molar refractivity (Wildman–Crippen MR) is 119 cm³/mol. The molecule has 2 aromatic carbocycles. The van der Waals surface area contributed by atoms with E-state index in [1.165, 1.54) is 0 Å². The van der Waals surface area contributed by atoms with E-state index in [0.717, 1.165) is 18.4 Å². The monoisotopic (exact) mass is 419 g/mol. The van der Waals surface area contributed by atoms with Gasteiger partial charge in [-0.05, 0) is 62.4 Å². The normalized spacial score (nSPS) is 17.6. The fourth-order valence-electron chi connectivity index (χ4n) is 4.04. The number of carbonyl (C=O) groups excluding carboxylic acids is 3. The van der Waals surface area contributed by atoms with Crippen LogP contribution in [0.2, 0.25) is 0 Å². The molecule has 162 valence electrons. The van der Waals surface area contributed by atoms with Crippen molar-refractivity contribution in [1.29, 1.82) is 0 Å². The molecule has 2 aromatic rings. The molecule has 2 aliphatic rings. The lowest BCUT2D eigenvalue weighted by molar-refractivity contribution is -0.136. The molecule has 4 rings (SSSR count). The van der Waals surface area contributed by atoms with Crippen molar-refractivity contribution in [3.8, 4) is 0 Å². The van der Waals surface area contributed by atoms with Gasteiger partial charge in [-0.2, -0.15) is 0 Å². The molecule has 1 saturated carbocycles. The van der Waals surface area contributed by atoms with Crippen LogP contribution >= 0.6 is 0 Å². The summed E-state index contributed by atoms with van der Waals surface area (Å²) in [5, 5.41) is 6.01. The number of hydrogen-bond donors (Lipinski definition) is 2. The molecule has 0 bridgehead atoms. The zero-order chi connectivity index (χ0) is 21.8. The first kappa shape index (κ1) is 21.1. The van der Waals surface area contributed by atoms with Crippen LogP contribution in [0.4, 0.5) is 5.69 Å². The summed E-state index contributed by atoms with van der Waals surface area (Å²) in [7, 11) is 0. The molecule has 6 nitrogen and oxygen atoms in total. The molecule has 0 radical (unpaired) electrons. The molecule has 1 unspecified atom stereocenters. The molecule has 31 heavy (non-hydrogen) atoms. The molecule has 1 heterocycles. The fraction of sp³-hybridized carbons (Fsp3) is 0.400. The number of piperidine rings is 1. The lowest BCUT2D eigenvalue weighted by Crippen LogP contribution is -2.44. The minimum atomic E-state index is -0.174. The molecular formula is C25H29N3O3. The van der Waals surface area contributed by atoms with E-state index < -0.39 is 0 Å². The van der Waals surface area contributed by atoms with E-state index in [0.29, 0.717) is 37.2 Å². The van der Waals surface area contributed by atoms with Gasteiger partial charge in [0.15, 0.2) is 0 Å². The molecular weight excluding hydrogens is 390 g/mol. The summed E-state index contributed by atoms with van der Waals surface area (Å²) in [6, 6.07) is 16.4. The van der Waals surface area contributed by atoms with Gasteiger partial charge in [-0.3, -0.25) is 14.4 Å². The Balaban J connectivity index is 1.30. The second-order valence-electron chi connectivity index (χ2n) is 8.55. The molecule has 0 spiro atoms. The summed E-state index contributed by atoms with van der Waals surface area (Å²) in [4.78, 5) is 39.3. The van der Waals surface area contributed by atoms with Crippen molar-refractivity contribution in [3.63, 3.8) is 0 Å². The number of nitrogens with one attached hydrogen (secondary N) is 2. The van der Waals surface area contributed by atoms with E-state index in [9.17, 15) is 14.4 Å². The van der Waals surface area contributed by atoms with Gasteiger partial charge in [0, 0.05) is 36.2 Å². The Hall–Kier alpha value is -3.15. The summed E-state index contributed by atoms with van der Waals surface area (Å²) in [5.41, 5.74) is 2.22. The van der Waals surface area contributed by atoms with Crippen LogP contribution < -0.4 is 10.6 Å². The van der Waals surface area contributed by atoms with Crippen LogP contribution in [0.25, 0.3) is 0 Å². The second kappa shape index (κ2) is 9.33. The van der Waals surface area contributed by atoms with E-state index in [1.807, 2.05) is 54.3 Å². The topological polar surface area (TPSA) is 78.5 Å². The third kappa shape index (κ3) is 5.32. The minimum Gasteiger partial charge on any atom is -0.349 e. The number of likely N-dealkylation sites (tertiary alicyclic amines) is 1. The van der Waals surface area contributed by atoms with Crippen LogP contribution in [0.3, 0.4) is 0 Å². The minimum absolute atomic E-state index is 0.0322. The van der Waals surface area contributed by atoms with Crippen molar-refractivity contribution in [1.82, 2.24) is 10.2 Å². The molecule has 0 aromatic heterocycles. The first-order chi connectivity index (χ1) is 15.0. The highest BCUT2D eigenvalue weighted by atomic mass is 16.2. The fourth-order valence-corrected chi connectivity index (χ4v) is 4.04. The molecule has 2 fully saturated rings. The van der Waals surface area contributed by atoms with Gasteiger partial charge in [0.25, 0.3) is 5.91 Å². The number of amides is 3. The van der Waals surface area contributed by atoms with Crippen molar-refractivity contribution in [2.24, 2.45) is 11.8 Å². The van der Waals surface area contributed by atoms with Crippen LogP contribution in [0.5, 0.6) is 0 Å². The molecule has 1 saturated heterocycles. The molecule has 1 atom stereocenters. The highest BCUT2D eigenvalue weighted by Crippen LogP contribution is 2.32. The summed E-state index contributed by atoms with van der Waals surface area (Å²) in [6.45, 7) is 3.29.